The summed E-state index contributed by atoms with van der Waals surface area (Å²) in [5.41, 5.74) is 10.3. The maximum Gasteiger partial charge on any atom is 0.165 e. The maximum atomic E-state index is 12.3. The lowest BCUT2D eigenvalue weighted by atomic mass is 9.75. The number of nitrogen functional groups attached to an aromatic ring is 1. The van der Waals surface area contributed by atoms with E-state index in [-0.39, 0.29) is 11.2 Å². The molecule has 0 fully saturated rings. The van der Waals surface area contributed by atoms with Crippen LogP contribution in [-0.2, 0) is 6.42 Å². The molecule has 1 aliphatic rings. The first-order valence-corrected chi connectivity index (χ1v) is 7.60. The number of ketones is 1. The number of aromatic nitrogens is 2. The van der Waals surface area contributed by atoms with Gasteiger partial charge in [0.2, 0.25) is 0 Å². The summed E-state index contributed by atoms with van der Waals surface area (Å²) in [4.78, 5) is 20.9. The summed E-state index contributed by atoms with van der Waals surface area (Å²) in [6.45, 7) is 6.11. The van der Waals surface area contributed by atoms with Crippen molar-refractivity contribution in [3.63, 3.8) is 0 Å². The molecule has 2 aromatic rings. The summed E-state index contributed by atoms with van der Waals surface area (Å²) in [6.07, 6.45) is 4.71. The first-order valence-electron chi connectivity index (χ1n) is 7.60. The Bertz CT molecular complexity index is 857. The van der Waals surface area contributed by atoms with Gasteiger partial charge in [-0.25, -0.2) is 4.98 Å². The van der Waals surface area contributed by atoms with Crippen molar-refractivity contribution in [2.75, 3.05) is 5.73 Å². The lowest BCUT2D eigenvalue weighted by Crippen LogP contribution is -2.27. The number of carbonyl (C=O) groups excluding carboxylic acids is 1. The van der Waals surface area contributed by atoms with Crippen molar-refractivity contribution in [1.29, 1.82) is 0 Å². The van der Waals surface area contributed by atoms with Crippen LogP contribution in [0.5, 0.6) is 0 Å². The summed E-state index contributed by atoms with van der Waals surface area (Å²) < 4.78 is 0. The normalized spacial score (nSPS) is 15.5. The molecule has 0 saturated carbocycles. The number of hydrogen-bond acceptors (Lipinski definition) is 4. The molecule has 2 N–H and O–H groups in total. The van der Waals surface area contributed by atoms with Gasteiger partial charge in [-0.15, -0.1) is 0 Å². The molecule has 0 aliphatic heterocycles. The lowest BCUT2D eigenvalue weighted by molar-refractivity contribution is 0.0910. The van der Waals surface area contributed by atoms with Gasteiger partial charge in [0.25, 0.3) is 0 Å². The fourth-order valence-electron chi connectivity index (χ4n) is 2.76. The highest BCUT2D eigenvalue weighted by Gasteiger charge is 2.31. The zero-order valence-electron chi connectivity index (χ0n) is 13.6. The van der Waals surface area contributed by atoms with Gasteiger partial charge in [0.05, 0.1) is 17.6 Å². The zero-order chi connectivity index (χ0) is 16.6. The zero-order valence-corrected chi connectivity index (χ0v) is 13.6. The van der Waals surface area contributed by atoms with E-state index in [9.17, 15) is 4.79 Å². The van der Waals surface area contributed by atoms with Crippen LogP contribution in [0.25, 0.3) is 0 Å². The van der Waals surface area contributed by atoms with Crippen LogP contribution < -0.4 is 5.73 Å². The molecule has 2 heterocycles. The Balaban J connectivity index is 1.92. The molecular weight excluding hydrogens is 286 g/mol. The Hall–Kier alpha value is -2.67. The molecule has 2 aromatic heterocycles. The average Bonchev–Trinajstić information content (AvgIpc) is 2.48. The molecule has 1 aliphatic carbocycles. The monoisotopic (exact) mass is 305 g/mol. The molecule has 0 amide bonds. The minimum absolute atomic E-state index is 0.0182. The molecule has 0 aromatic carbocycles. The van der Waals surface area contributed by atoms with E-state index in [0.29, 0.717) is 23.4 Å². The number of nitrogens with zero attached hydrogens (tertiary/aromatic N) is 2. The second kappa shape index (κ2) is 5.51. The van der Waals surface area contributed by atoms with E-state index in [1.54, 1.807) is 12.4 Å². The summed E-state index contributed by atoms with van der Waals surface area (Å²) in [6, 6.07) is 3.69. The molecule has 0 radical (unpaired) electrons. The van der Waals surface area contributed by atoms with E-state index in [0.717, 1.165) is 23.2 Å². The Morgan fingerprint density at radius 3 is 2.65 bits per heavy atom. The Morgan fingerprint density at radius 1 is 1.13 bits per heavy atom. The molecule has 0 atom stereocenters. The SMILES string of the molecule is Cc1cc(C#Cc2cnc3c(c2)C(=O)CC(C)(C)C3)ncc1N. The number of hydrogen-bond donors (Lipinski definition) is 1. The fraction of sp³-hybridized carbons (Fsp3) is 0.316. The second-order valence-electron chi connectivity index (χ2n) is 6.84. The van der Waals surface area contributed by atoms with E-state index in [1.165, 1.54) is 0 Å². The van der Waals surface area contributed by atoms with Gasteiger partial charge < -0.3 is 5.73 Å². The van der Waals surface area contributed by atoms with Crippen LogP contribution in [0.4, 0.5) is 5.69 Å². The van der Waals surface area contributed by atoms with Crippen LogP contribution in [0.15, 0.2) is 24.5 Å². The van der Waals surface area contributed by atoms with Crippen LogP contribution >= 0.6 is 0 Å². The number of fused-ring (bicyclic) bond motifs is 1. The van der Waals surface area contributed by atoms with Gasteiger partial charge in [0, 0.05) is 23.7 Å². The summed E-state index contributed by atoms with van der Waals surface area (Å²) in [5.74, 6) is 6.18. The van der Waals surface area contributed by atoms with Gasteiger partial charge in [-0.3, -0.25) is 9.78 Å². The van der Waals surface area contributed by atoms with Crippen LogP contribution in [0.1, 0.15) is 53.1 Å². The molecule has 0 unspecified atom stereocenters. The minimum Gasteiger partial charge on any atom is -0.397 e. The first kappa shape index (κ1) is 15.2. The minimum atomic E-state index is -0.0182. The average molecular weight is 305 g/mol. The van der Waals surface area contributed by atoms with Crippen molar-refractivity contribution < 1.29 is 4.79 Å². The van der Waals surface area contributed by atoms with E-state index in [1.807, 2.05) is 19.1 Å². The Morgan fingerprint density at radius 2 is 1.91 bits per heavy atom. The molecule has 116 valence electrons. The first-order chi connectivity index (χ1) is 10.8. The fourth-order valence-corrected chi connectivity index (χ4v) is 2.76. The van der Waals surface area contributed by atoms with E-state index in [4.69, 9.17) is 5.73 Å². The highest BCUT2D eigenvalue weighted by molar-refractivity contribution is 5.98. The van der Waals surface area contributed by atoms with Gasteiger partial charge in [0.15, 0.2) is 5.78 Å². The molecule has 0 spiro atoms. The lowest BCUT2D eigenvalue weighted by Gasteiger charge is -2.29. The quantitative estimate of drug-likeness (QED) is 0.760. The van der Waals surface area contributed by atoms with Gasteiger partial charge in [-0.2, -0.15) is 0 Å². The van der Waals surface area contributed by atoms with E-state index in [2.05, 4.69) is 35.7 Å². The van der Waals surface area contributed by atoms with Crippen molar-refractivity contribution in [2.24, 2.45) is 5.41 Å². The number of aryl methyl sites for hydroxylation is 1. The van der Waals surface area contributed by atoms with Crippen molar-refractivity contribution >= 4 is 11.5 Å². The van der Waals surface area contributed by atoms with E-state index < -0.39 is 0 Å². The third kappa shape index (κ3) is 3.24. The van der Waals surface area contributed by atoms with Crippen molar-refractivity contribution in [2.45, 2.75) is 33.6 Å². The standard InChI is InChI=1S/C19H19N3O/c1-12-6-14(21-11-16(12)20)5-4-13-7-15-17(22-10-13)8-19(2,3)9-18(15)23/h6-7,10-11H,8-9,20H2,1-3H3. The summed E-state index contributed by atoms with van der Waals surface area (Å²) >= 11 is 0. The Labute approximate surface area is 136 Å². The van der Waals surface area contributed by atoms with Crippen LogP contribution in [-0.4, -0.2) is 15.8 Å². The molecule has 0 bridgehead atoms. The summed E-state index contributed by atoms with van der Waals surface area (Å²) in [5, 5.41) is 0. The maximum absolute atomic E-state index is 12.3. The van der Waals surface area contributed by atoms with E-state index >= 15 is 0 Å². The number of pyridine rings is 2. The highest BCUT2D eigenvalue weighted by Crippen LogP contribution is 2.33. The van der Waals surface area contributed by atoms with Gasteiger partial charge in [0.1, 0.15) is 5.69 Å². The van der Waals surface area contributed by atoms with Gasteiger partial charge >= 0.3 is 0 Å². The number of Topliss-reactive ketones (excluding diaryl/α,β-unsaturated/α-hetero) is 1. The Kier molecular flexibility index (Phi) is 3.65. The smallest absolute Gasteiger partial charge is 0.165 e. The van der Waals surface area contributed by atoms with Crippen molar-refractivity contribution in [1.82, 2.24) is 9.97 Å². The van der Waals surface area contributed by atoms with Crippen LogP contribution in [0.3, 0.4) is 0 Å². The van der Waals surface area contributed by atoms with Crippen LogP contribution in [0.2, 0.25) is 0 Å². The molecule has 4 nitrogen and oxygen atoms in total. The highest BCUT2D eigenvalue weighted by atomic mass is 16.1. The molecule has 3 rings (SSSR count). The summed E-state index contributed by atoms with van der Waals surface area (Å²) in [7, 11) is 0. The predicted molar refractivity (Wildman–Crippen MR) is 90.0 cm³/mol. The number of nitrogens with two attached hydrogens (primary N) is 1. The van der Waals surface area contributed by atoms with Gasteiger partial charge in [-0.05, 0) is 42.4 Å². The third-order valence-electron chi connectivity index (χ3n) is 4.04. The van der Waals surface area contributed by atoms with Crippen molar-refractivity contribution in [3.05, 3.63) is 52.6 Å². The number of carbonyl (C=O) groups is 1. The van der Waals surface area contributed by atoms with Crippen molar-refractivity contribution in [3.8, 4) is 11.8 Å². The molecule has 23 heavy (non-hydrogen) atoms. The largest absolute Gasteiger partial charge is 0.397 e. The predicted octanol–water partition coefficient (Wildman–Crippen LogP) is 2.92. The van der Waals surface area contributed by atoms with Gasteiger partial charge in [-0.1, -0.05) is 19.8 Å². The topological polar surface area (TPSA) is 68.9 Å². The number of rotatable bonds is 0. The molecule has 0 saturated heterocycles. The number of anilines is 1. The molecule has 4 heteroatoms. The third-order valence-corrected chi connectivity index (χ3v) is 4.04. The molecular formula is C19H19N3O. The van der Waals surface area contributed by atoms with Crippen LogP contribution in [0, 0.1) is 24.2 Å². The second-order valence-corrected chi connectivity index (χ2v) is 6.84.